The second-order valence-corrected chi connectivity index (χ2v) is 3.70. The van der Waals surface area contributed by atoms with Crippen LogP contribution in [0.3, 0.4) is 0 Å². The zero-order valence-corrected chi connectivity index (χ0v) is 8.88. The van der Waals surface area contributed by atoms with Crippen LogP contribution in [0.5, 0.6) is 0 Å². The van der Waals surface area contributed by atoms with Crippen LogP contribution < -0.4 is 5.32 Å². The van der Waals surface area contributed by atoms with Gasteiger partial charge >= 0.3 is 11.7 Å². The number of hydrogen-bond donors (Lipinski definition) is 2. The van der Waals surface area contributed by atoms with Crippen molar-refractivity contribution in [2.75, 3.05) is 0 Å². The van der Waals surface area contributed by atoms with Gasteiger partial charge < -0.3 is 16.0 Å². The Labute approximate surface area is 95.2 Å². The molecule has 0 bridgehead atoms. The standard InChI is InChI=1S/C9H10FN3O4/c1-3(10)6-4(12-8(6)15)2-5(14)7(13-11)9(16)17/h3-4,6H,2H2,1H3,(H,12,15)(H,16,17). The van der Waals surface area contributed by atoms with Crippen molar-refractivity contribution < 1.29 is 28.7 Å². The molecule has 8 heteroatoms. The second-order valence-electron chi connectivity index (χ2n) is 3.70. The summed E-state index contributed by atoms with van der Waals surface area (Å²) in [4.78, 5) is 35.1. The van der Waals surface area contributed by atoms with Crippen molar-refractivity contribution in [3.8, 4) is 0 Å². The van der Waals surface area contributed by atoms with Crippen LogP contribution in [-0.4, -0.2) is 45.5 Å². The number of hydrogen-bond acceptors (Lipinski definition) is 3. The number of aliphatic carboxylic acids is 1. The van der Waals surface area contributed by atoms with Crippen molar-refractivity contribution in [1.29, 1.82) is 0 Å². The maximum absolute atomic E-state index is 13.0. The van der Waals surface area contributed by atoms with Crippen molar-refractivity contribution in [2.45, 2.75) is 25.6 Å². The van der Waals surface area contributed by atoms with Gasteiger partial charge in [0, 0.05) is 6.42 Å². The summed E-state index contributed by atoms with van der Waals surface area (Å²) in [5, 5.41) is 10.8. The number of nitrogens with zero attached hydrogens (tertiary/aromatic N) is 2. The van der Waals surface area contributed by atoms with E-state index in [1.807, 2.05) is 0 Å². The number of Topliss-reactive ketones (excluding diaryl/α,β-unsaturated/α-hetero) is 1. The van der Waals surface area contributed by atoms with Gasteiger partial charge in [-0.15, -0.1) is 0 Å². The first-order valence-corrected chi connectivity index (χ1v) is 4.81. The van der Waals surface area contributed by atoms with Gasteiger partial charge in [0.05, 0.1) is 12.0 Å². The lowest BCUT2D eigenvalue weighted by atomic mass is 9.83. The van der Waals surface area contributed by atoms with Gasteiger partial charge in [-0.2, -0.15) is 4.79 Å². The van der Waals surface area contributed by atoms with Crippen LogP contribution in [0.25, 0.3) is 5.53 Å². The lowest BCUT2D eigenvalue weighted by molar-refractivity contribution is -0.140. The highest BCUT2D eigenvalue weighted by Gasteiger charge is 2.46. The SMILES string of the molecule is CC(F)C1C(=O)NC1CC(=O)C(=[N+]=[N-])C(=O)O. The zero-order chi connectivity index (χ0) is 13.2. The highest BCUT2D eigenvalue weighted by Crippen LogP contribution is 2.24. The number of nitrogens with one attached hydrogen (secondary N) is 1. The first-order chi connectivity index (χ1) is 7.88. The minimum Gasteiger partial charge on any atom is -0.472 e. The molecule has 1 aliphatic rings. The van der Waals surface area contributed by atoms with E-state index in [0.717, 1.165) is 0 Å². The van der Waals surface area contributed by atoms with E-state index in [-0.39, 0.29) is 0 Å². The fourth-order valence-electron chi connectivity index (χ4n) is 1.68. The number of ketones is 1. The van der Waals surface area contributed by atoms with E-state index in [2.05, 4.69) is 10.1 Å². The molecule has 0 aromatic rings. The summed E-state index contributed by atoms with van der Waals surface area (Å²) in [6, 6.07) is -0.758. The lowest BCUT2D eigenvalue weighted by Crippen LogP contribution is -2.62. The van der Waals surface area contributed by atoms with Gasteiger partial charge in [0.15, 0.2) is 0 Å². The normalized spacial score (nSPS) is 24.0. The number of carboxylic acids is 1. The van der Waals surface area contributed by atoms with Gasteiger partial charge in [0.2, 0.25) is 5.91 Å². The minimum absolute atomic E-state index is 0.406. The first kappa shape index (κ1) is 13.0. The number of amides is 1. The van der Waals surface area contributed by atoms with Crippen LogP contribution in [0.4, 0.5) is 4.39 Å². The molecule has 1 heterocycles. The molecule has 0 aliphatic carbocycles. The Morgan fingerprint density at radius 3 is 2.59 bits per heavy atom. The Bertz CT molecular complexity index is 428. The molecule has 0 aromatic carbocycles. The monoisotopic (exact) mass is 243 g/mol. The molecule has 3 unspecified atom stereocenters. The number of β-lactam (4-membered cyclic amide) rings is 1. The van der Waals surface area contributed by atoms with E-state index in [1.165, 1.54) is 6.92 Å². The molecular weight excluding hydrogens is 233 g/mol. The van der Waals surface area contributed by atoms with Crippen LogP contribution in [0.1, 0.15) is 13.3 Å². The number of carbonyl (C=O) groups excluding carboxylic acids is 2. The fraction of sp³-hybridized carbons (Fsp3) is 0.556. The molecular formula is C9H10FN3O4. The van der Waals surface area contributed by atoms with Gasteiger partial charge in [-0.3, -0.25) is 9.59 Å². The van der Waals surface area contributed by atoms with E-state index in [9.17, 15) is 18.8 Å². The molecule has 0 saturated carbocycles. The molecule has 0 radical (unpaired) electrons. The maximum atomic E-state index is 13.0. The van der Waals surface area contributed by atoms with Crippen LogP contribution >= 0.6 is 0 Å². The van der Waals surface area contributed by atoms with E-state index >= 15 is 0 Å². The van der Waals surface area contributed by atoms with Gasteiger partial charge in [0.25, 0.3) is 5.78 Å². The number of alkyl halides is 1. The summed E-state index contributed by atoms with van der Waals surface area (Å²) in [5.74, 6) is -4.12. The zero-order valence-electron chi connectivity index (χ0n) is 8.88. The molecule has 1 aliphatic heterocycles. The number of carbonyl (C=O) groups is 3. The smallest absolute Gasteiger partial charge is 0.441 e. The molecule has 92 valence electrons. The van der Waals surface area contributed by atoms with Gasteiger partial charge in [0.1, 0.15) is 6.17 Å². The summed E-state index contributed by atoms with van der Waals surface area (Å²) in [7, 11) is 0. The highest BCUT2D eigenvalue weighted by molar-refractivity contribution is 6.62. The third-order valence-corrected chi connectivity index (χ3v) is 2.53. The van der Waals surface area contributed by atoms with Crippen LogP contribution in [0.15, 0.2) is 0 Å². The van der Waals surface area contributed by atoms with Crippen molar-refractivity contribution in [3.63, 3.8) is 0 Å². The average Bonchev–Trinajstić information content (AvgIpc) is 2.15. The lowest BCUT2D eigenvalue weighted by Gasteiger charge is -2.36. The number of rotatable bonds is 5. The third kappa shape index (κ3) is 2.54. The van der Waals surface area contributed by atoms with E-state index < -0.39 is 47.9 Å². The number of halogens is 1. The van der Waals surface area contributed by atoms with E-state index in [1.54, 1.807) is 0 Å². The summed E-state index contributed by atoms with van der Waals surface area (Å²) in [6.45, 7) is 1.18. The molecule has 0 spiro atoms. The molecule has 2 N–H and O–H groups in total. The van der Waals surface area contributed by atoms with Crippen LogP contribution in [0.2, 0.25) is 0 Å². The van der Waals surface area contributed by atoms with Crippen LogP contribution in [-0.2, 0) is 14.4 Å². The topological polar surface area (TPSA) is 120 Å². The highest BCUT2D eigenvalue weighted by atomic mass is 19.1. The molecule has 1 rings (SSSR count). The summed E-state index contributed by atoms with van der Waals surface area (Å²) in [6.07, 6.45) is -1.84. The third-order valence-electron chi connectivity index (χ3n) is 2.53. The Kier molecular flexibility index (Phi) is 3.69. The van der Waals surface area contributed by atoms with Gasteiger partial charge in [-0.1, -0.05) is 0 Å². The summed E-state index contributed by atoms with van der Waals surface area (Å²) < 4.78 is 13.0. The predicted molar refractivity (Wildman–Crippen MR) is 51.9 cm³/mol. The van der Waals surface area contributed by atoms with Crippen molar-refractivity contribution in [3.05, 3.63) is 5.53 Å². The first-order valence-electron chi connectivity index (χ1n) is 4.81. The van der Waals surface area contributed by atoms with Crippen molar-refractivity contribution in [1.82, 2.24) is 5.32 Å². The van der Waals surface area contributed by atoms with Gasteiger partial charge in [-0.25, -0.2) is 9.18 Å². The largest absolute Gasteiger partial charge is 0.472 e. The molecule has 0 aromatic heterocycles. The van der Waals surface area contributed by atoms with Gasteiger partial charge in [-0.05, 0) is 6.92 Å². The summed E-state index contributed by atoms with van der Waals surface area (Å²) in [5.41, 5.74) is 7.29. The molecule has 7 nitrogen and oxygen atoms in total. The molecule has 1 fully saturated rings. The Morgan fingerprint density at radius 2 is 2.24 bits per heavy atom. The minimum atomic E-state index is -1.67. The molecule has 17 heavy (non-hydrogen) atoms. The Morgan fingerprint density at radius 1 is 1.65 bits per heavy atom. The van der Waals surface area contributed by atoms with Crippen LogP contribution in [0, 0.1) is 5.92 Å². The predicted octanol–water partition coefficient (Wildman–Crippen LogP) is -0.826. The molecule has 1 saturated heterocycles. The van der Waals surface area contributed by atoms with Crippen molar-refractivity contribution in [2.24, 2.45) is 5.92 Å². The second kappa shape index (κ2) is 4.84. The Hall–Kier alpha value is -2.08. The number of carboxylic acid groups (broad SMARTS) is 1. The van der Waals surface area contributed by atoms with Crippen molar-refractivity contribution >= 4 is 23.4 Å². The average molecular weight is 243 g/mol. The summed E-state index contributed by atoms with van der Waals surface area (Å²) >= 11 is 0. The maximum Gasteiger partial charge on any atom is 0.441 e. The van der Waals surface area contributed by atoms with E-state index in [0.29, 0.717) is 0 Å². The fourth-order valence-corrected chi connectivity index (χ4v) is 1.68. The Balaban J connectivity index is 2.68. The quantitative estimate of drug-likeness (QED) is 0.215. The molecule has 3 atom stereocenters. The van der Waals surface area contributed by atoms with E-state index in [4.69, 9.17) is 10.6 Å². The molecule has 1 amide bonds.